The van der Waals surface area contributed by atoms with E-state index >= 15 is 0 Å². The molecule has 3 aromatic rings. The first kappa shape index (κ1) is 11.5. The van der Waals surface area contributed by atoms with Crippen molar-refractivity contribution in [2.75, 3.05) is 7.11 Å². The number of aromatic nitrogens is 1. The van der Waals surface area contributed by atoms with Gasteiger partial charge in [-0.1, -0.05) is 36.4 Å². The van der Waals surface area contributed by atoms with E-state index in [0.717, 1.165) is 16.5 Å². The van der Waals surface area contributed by atoms with Crippen LogP contribution in [-0.2, 0) is 0 Å². The van der Waals surface area contributed by atoms with E-state index in [9.17, 15) is 4.79 Å². The normalized spacial score (nSPS) is 10.6. The van der Waals surface area contributed by atoms with Gasteiger partial charge < -0.3 is 9.72 Å². The van der Waals surface area contributed by atoms with Gasteiger partial charge in [0.25, 0.3) is 5.56 Å². The second kappa shape index (κ2) is 4.61. The number of hydrogen-bond donors (Lipinski definition) is 1. The number of aromatic amines is 1. The van der Waals surface area contributed by atoms with Crippen LogP contribution >= 0.6 is 0 Å². The molecule has 3 rings (SSSR count). The summed E-state index contributed by atoms with van der Waals surface area (Å²) >= 11 is 0. The number of ether oxygens (including phenoxy) is 1. The molecule has 0 saturated carbocycles. The van der Waals surface area contributed by atoms with Gasteiger partial charge in [0.2, 0.25) is 0 Å². The van der Waals surface area contributed by atoms with Gasteiger partial charge in [-0.3, -0.25) is 4.79 Å². The summed E-state index contributed by atoms with van der Waals surface area (Å²) < 4.78 is 5.31. The SMILES string of the molecule is COc1ccccc1-c1cc2ccccc2[nH]c1=O. The number of hydrogen-bond acceptors (Lipinski definition) is 2. The average molecular weight is 251 g/mol. The molecule has 2 aromatic carbocycles. The molecule has 0 spiro atoms. The summed E-state index contributed by atoms with van der Waals surface area (Å²) in [5.74, 6) is 0.697. The highest BCUT2D eigenvalue weighted by Gasteiger charge is 2.09. The zero-order valence-corrected chi connectivity index (χ0v) is 10.5. The van der Waals surface area contributed by atoms with Crippen LogP contribution in [-0.4, -0.2) is 12.1 Å². The van der Waals surface area contributed by atoms with Gasteiger partial charge >= 0.3 is 0 Å². The Labute approximate surface area is 110 Å². The maximum atomic E-state index is 12.2. The monoisotopic (exact) mass is 251 g/mol. The van der Waals surface area contributed by atoms with E-state index in [4.69, 9.17) is 4.74 Å². The molecule has 0 amide bonds. The molecule has 94 valence electrons. The third kappa shape index (κ3) is 1.99. The molecule has 1 heterocycles. The van der Waals surface area contributed by atoms with Gasteiger partial charge in [0.05, 0.1) is 12.7 Å². The summed E-state index contributed by atoms with van der Waals surface area (Å²) in [4.78, 5) is 15.1. The highest BCUT2D eigenvalue weighted by molar-refractivity contribution is 5.84. The summed E-state index contributed by atoms with van der Waals surface area (Å²) in [7, 11) is 1.61. The Morgan fingerprint density at radius 3 is 2.53 bits per heavy atom. The molecule has 3 heteroatoms. The first-order chi connectivity index (χ1) is 9.29. The van der Waals surface area contributed by atoms with Crippen molar-refractivity contribution in [2.45, 2.75) is 0 Å². The van der Waals surface area contributed by atoms with Crippen LogP contribution in [0.3, 0.4) is 0 Å². The second-order valence-corrected chi connectivity index (χ2v) is 4.30. The Kier molecular flexibility index (Phi) is 2.80. The fraction of sp³-hybridized carbons (Fsp3) is 0.0625. The summed E-state index contributed by atoms with van der Waals surface area (Å²) in [6.45, 7) is 0. The molecule has 1 N–H and O–H groups in total. The molecule has 0 aliphatic carbocycles. The van der Waals surface area contributed by atoms with Crippen molar-refractivity contribution in [2.24, 2.45) is 0 Å². The van der Waals surface area contributed by atoms with Crippen LogP contribution in [0.1, 0.15) is 0 Å². The standard InChI is InChI=1S/C16H13NO2/c1-19-15-9-5-3-7-12(15)13-10-11-6-2-4-8-14(11)17-16(13)18/h2-10H,1H3,(H,17,18). The molecule has 0 aliphatic heterocycles. The lowest BCUT2D eigenvalue weighted by Crippen LogP contribution is -2.09. The Hall–Kier alpha value is -2.55. The van der Waals surface area contributed by atoms with E-state index in [0.29, 0.717) is 11.3 Å². The summed E-state index contributed by atoms with van der Waals surface area (Å²) in [6.07, 6.45) is 0. The van der Waals surface area contributed by atoms with Crippen LogP contribution in [0.5, 0.6) is 5.75 Å². The van der Waals surface area contributed by atoms with E-state index in [-0.39, 0.29) is 5.56 Å². The molecule has 3 nitrogen and oxygen atoms in total. The van der Waals surface area contributed by atoms with Gasteiger partial charge in [0.1, 0.15) is 5.75 Å². The number of pyridine rings is 1. The largest absolute Gasteiger partial charge is 0.496 e. The van der Waals surface area contributed by atoms with Crippen molar-refractivity contribution >= 4 is 10.9 Å². The van der Waals surface area contributed by atoms with E-state index in [1.807, 2.05) is 54.6 Å². The van der Waals surface area contributed by atoms with Crippen LogP contribution in [0, 0.1) is 0 Å². The van der Waals surface area contributed by atoms with Crippen molar-refractivity contribution in [1.82, 2.24) is 4.98 Å². The van der Waals surface area contributed by atoms with Crippen molar-refractivity contribution in [3.63, 3.8) is 0 Å². The Bertz CT molecular complexity index is 790. The van der Waals surface area contributed by atoms with Gasteiger partial charge in [0.15, 0.2) is 0 Å². The fourth-order valence-corrected chi connectivity index (χ4v) is 2.21. The number of fused-ring (bicyclic) bond motifs is 1. The molecule has 19 heavy (non-hydrogen) atoms. The maximum Gasteiger partial charge on any atom is 0.256 e. The summed E-state index contributed by atoms with van der Waals surface area (Å²) in [5, 5.41) is 1.00. The number of para-hydroxylation sites is 2. The van der Waals surface area contributed by atoms with E-state index in [1.165, 1.54) is 0 Å². The molecule has 0 saturated heterocycles. The highest BCUT2D eigenvalue weighted by atomic mass is 16.5. The predicted molar refractivity (Wildman–Crippen MR) is 76.6 cm³/mol. The quantitative estimate of drug-likeness (QED) is 0.760. The van der Waals surface area contributed by atoms with Crippen LogP contribution in [0.25, 0.3) is 22.0 Å². The number of H-pyrrole nitrogens is 1. The highest BCUT2D eigenvalue weighted by Crippen LogP contribution is 2.28. The molecule has 0 atom stereocenters. The van der Waals surface area contributed by atoms with Gasteiger partial charge in [0, 0.05) is 11.1 Å². The Morgan fingerprint density at radius 2 is 1.68 bits per heavy atom. The van der Waals surface area contributed by atoms with Gasteiger partial charge in [-0.2, -0.15) is 0 Å². The second-order valence-electron chi connectivity index (χ2n) is 4.30. The molecular weight excluding hydrogens is 238 g/mol. The molecule has 1 aromatic heterocycles. The van der Waals surface area contributed by atoms with E-state index in [2.05, 4.69) is 4.98 Å². The molecule has 0 unspecified atom stereocenters. The molecule has 0 fully saturated rings. The lowest BCUT2D eigenvalue weighted by molar-refractivity contribution is 0.416. The number of rotatable bonds is 2. The zero-order chi connectivity index (χ0) is 13.2. The summed E-state index contributed by atoms with van der Waals surface area (Å²) in [5.41, 5.74) is 2.16. The lowest BCUT2D eigenvalue weighted by atomic mass is 10.0. The summed E-state index contributed by atoms with van der Waals surface area (Å²) in [6, 6.07) is 17.1. The topological polar surface area (TPSA) is 42.1 Å². The van der Waals surface area contributed by atoms with Crippen molar-refractivity contribution in [3.8, 4) is 16.9 Å². The average Bonchev–Trinajstić information content (AvgIpc) is 2.46. The number of methoxy groups -OCH3 is 1. The minimum absolute atomic E-state index is 0.108. The first-order valence-electron chi connectivity index (χ1n) is 6.05. The zero-order valence-electron chi connectivity index (χ0n) is 10.5. The fourth-order valence-electron chi connectivity index (χ4n) is 2.21. The van der Waals surface area contributed by atoms with Crippen LogP contribution < -0.4 is 10.3 Å². The van der Waals surface area contributed by atoms with Gasteiger partial charge in [-0.25, -0.2) is 0 Å². The van der Waals surface area contributed by atoms with Crippen molar-refractivity contribution in [3.05, 3.63) is 65.0 Å². The van der Waals surface area contributed by atoms with Crippen LogP contribution in [0.2, 0.25) is 0 Å². The van der Waals surface area contributed by atoms with Crippen molar-refractivity contribution in [1.29, 1.82) is 0 Å². The predicted octanol–water partition coefficient (Wildman–Crippen LogP) is 3.20. The molecule has 0 radical (unpaired) electrons. The Balaban J connectivity index is 2.30. The van der Waals surface area contributed by atoms with Crippen LogP contribution in [0.4, 0.5) is 0 Å². The van der Waals surface area contributed by atoms with Gasteiger partial charge in [-0.05, 0) is 23.6 Å². The third-order valence-corrected chi connectivity index (χ3v) is 3.15. The molecule has 0 aliphatic rings. The maximum absolute atomic E-state index is 12.2. The minimum atomic E-state index is -0.108. The first-order valence-corrected chi connectivity index (χ1v) is 6.05. The van der Waals surface area contributed by atoms with Crippen LogP contribution in [0.15, 0.2) is 59.4 Å². The Morgan fingerprint density at radius 1 is 0.947 bits per heavy atom. The van der Waals surface area contributed by atoms with Gasteiger partial charge in [-0.15, -0.1) is 0 Å². The third-order valence-electron chi connectivity index (χ3n) is 3.15. The molecule has 0 bridgehead atoms. The van der Waals surface area contributed by atoms with E-state index < -0.39 is 0 Å². The number of benzene rings is 2. The molecular formula is C16H13NO2. The lowest BCUT2D eigenvalue weighted by Gasteiger charge is -2.08. The smallest absolute Gasteiger partial charge is 0.256 e. The van der Waals surface area contributed by atoms with E-state index in [1.54, 1.807) is 7.11 Å². The minimum Gasteiger partial charge on any atom is -0.496 e. The number of nitrogens with one attached hydrogen (secondary N) is 1. The van der Waals surface area contributed by atoms with Crippen molar-refractivity contribution < 1.29 is 4.74 Å².